The Hall–Kier alpha value is -2.05. The molecular weight excluding hydrogens is 378 g/mol. The Labute approximate surface area is 180 Å². The summed E-state index contributed by atoms with van der Waals surface area (Å²) in [5.74, 6) is 0.910. The molecule has 2 aromatic rings. The maximum absolute atomic E-state index is 11.0. The Morgan fingerprint density at radius 1 is 1.23 bits per heavy atom. The van der Waals surface area contributed by atoms with Crippen molar-refractivity contribution >= 4 is 16.9 Å². The second kappa shape index (κ2) is 10.8. The lowest BCUT2D eigenvalue weighted by molar-refractivity contribution is 0.0691. The van der Waals surface area contributed by atoms with Gasteiger partial charge >= 0.3 is 5.97 Å². The van der Waals surface area contributed by atoms with Gasteiger partial charge in [-0.05, 0) is 89.2 Å². The minimum Gasteiger partial charge on any atom is -0.490 e. The Bertz CT molecular complexity index is 805. The molecule has 0 atom stereocenters. The zero-order valence-corrected chi connectivity index (χ0v) is 18.6. The normalized spacial score (nSPS) is 17.7. The molecule has 0 radical (unpaired) electrons. The van der Waals surface area contributed by atoms with Crippen molar-refractivity contribution in [3.05, 3.63) is 30.0 Å². The van der Waals surface area contributed by atoms with Gasteiger partial charge in [-0.3, -0.25) is 0 Å². The van der Waals surface area contributed by atoms with E-state index in [4.69, 9.17) is 9.84 Å². The molecule has 0 amide bonds. The largest absolute Gasteiger partial charge is 0.490 e. The molecule has 6 heteroatoms. The molecule has 1 aromatic heterocycles. The molecule has 4 rings (SSSR count). The van der Waals surface area contributed by atoms with E-state index in [0.29, 0.717) is 6.04 Å². The van der Waals surface area contributed by atoms with Gasteiger partial charge in [0.1, 0.15) is 17.5 Å². The zero-order valence-electron chi connectivity index (χ0n) is 18.6. The fourth-order valence-electron chi connectivity index (χ4n) is 3.81. The van der Waals surface area contributed by atoms with Crippen molar-refractivity contribution in [2.45, 2.75) is 65.0 Å². The number of aromatic carboxylic acids is 1. The fraction of sp³-hybridized carbons (Fsp3) is 0.625. The Morgan fingerprint density at radius 3 is 2.57 bits per heavy atom. The van der Waals surface area contributed by atoms with Crippen LogP contribution in [0.3, 0.4) is 0 Å². The second-order valence-corrected chi connectivity index (χ2v) is 8.83. The topological polar surface area (TPSA) is 77.6 Å². The molecule has 30 heavy (non-hydrogen) atoms. The highest BCUT2D eigenvalue weighted by atomic mass is 16.5. The van der Waals surface area contributed by atoms with Gasteiger partial charge in [0.15, 0.2) is 0 Å². The van der Waals surface area contributed by atoms with E-state index in [9.17, 15) is 4.79 Å². The summed E-state index contributed by atoms with van der Waals surface area (Å²) in [6.45, 7) is 11.3. The molecule has 1 aliphatic heterocycles. The van der Waals surface area contributed by atoms with Crippen LogP contribution in [-0.4, -0.2) is 59.3 Å². The number of rotatable bonds is 8. The van der Waals surface area contributed by atoms with Crippen LogP contribution < -0.4 is 10.1 Å². The summed E-state index contributed by atoms with van der Waals surface area (Å²) >= 11 is 0. The molecule has 166 valence electrons. The monoisotopic (exact) mass is 415 g/mol. The lowest BCUT2D eigenvalue weighted by Gasteiger charge is -2.34. The van der Waals surface area contributed by atoms with Crippen LogP contribution in [0.2, 0.25) is 0 Å². The molecule has 1 saturated carbocycles. The van der Waals surface area contributed by atoms with E-state index in [1.54, 1.807) is 6.07 Å². The van der Waals surface area contributed by atoms with E-state index in [-0.39, 0.29) is 11.8 Å². The van der Waals surface area contributed by atoms with Crippen LogP contribution in [0.25, 0.3) is 10.9 Å². The molecular formula is C24H37N3O3. The number of aromatic nitrogens is 1. The van der Waals surface area contributed by atoms with Crippen molar-refractivity contribution in [2.24, 2.45) is 5.92 Å². The Kier molecular flexibility index (Phi) is 8.16. The highest BCUT2D eigenvalue weighted by Gasteiger charge is 2.22. The van der Waals surface area contributed by atoms with E-state index in [1.165, 1.54) is 32.4 Å². The third kappa shape index (κ3) is 6.74. The number of aromatic amines is 1. The van der Waals surface area contributed by atoms with E-state index < -0.39 is 5.97 Å². The maximum Gasteiger partial charge on any atom is 0.352 e. The van der Waals surface area contributed by atoms with Crippen molar-refractivity contribution in [1.29, 1.82) is 0 Å². The number of fused-ring (bicyclic) bond motifs is 1. The number of nitrogens with one attached hydrogen (secondary N) is 2. The molecule has 2 heterocycles. The van der Waals surface area contributed by atoms with E-state index >= 15 is 0 Å². The SMILES string of the molecule is CC(C)N1CCC(Oc2ccc3[nH]c(C(=O)O)cc3c2)CC1.CCCNCC1CC1. The molecule has 2 aliphatic rings. The highest BCUT2D eigenvalue weighted by molar-refractivity contribution is 5.94. The first-order chi connectivity index (χ1) is 14.5. The molecule has 1 aromatic carbocycles. The van der Waals surface area contributed by atoms with Crippen LogP contribution in [-0.2, 0) is 0 Å². The van der Waals surface area contributed by atoms with Crippen LogP contribution in [0, 0.1) is 5.92 Å². The molecule has 1 saturated heterocycles. The predicted molar refractivity (Wildman–Crippen MR) is 122 cm³/mol. The fourth-order valence-corrected chi connectivity index (χ4v) is 3.81. The number of carbonyl (C=O) groups is 1. The summed E-state index contributed by atoms with van der Waals surface area (Å²) in [5.41, 5.74) is 1.02. The first-order valence-electron chi connectivity index (χ1n) is 11.4. The van der Waals surface area contributed by atoms with Crippen molar-refractivity contribution in [3.63, 3.8) is 0 Å². The van der Waals surface area contributed by atoms with Crippen molar-refractivity contribution < 1.29 is 14.6 Å². The lowest BCUT2D eigenvalue weighted by atomic mass is 10.1. The number of H-pyrrole nitrogens is 1. The summed E-state index contributed by atoms with van der Waals surface area (Å²) < 4.78 is 6.07. The van der Waals surface area contributed by atoms with Crippen LogP contribution >= 0.6 is 0 Å². The standard InChI is InChI=1S/C17H22N2O3.C7H15N/c1-11(2)19-7-5-13(6-8-19)22-14-3-4-15-12(9-14)10-16(18-15)17(20)21;1-2-5-8-6-7-3-4-7/h3-4,9-11,13,18H,5-8H2,1-2H3,(H,20,21);7-8H,2-6H2,1H3. The molecule has 2 fully saturated rings. The van der Waals surface area contributed by atoms with Crippen LogP contribution in [0.15, 0.2) is 24.3 Å². The molecule has 0 spiro atoms. The smallest absolute Gasteiger partial charge is 0.352 e. The van der Waals surface area contributed by atoms with Gasteiger partial charge in [0, 0.05) is 30.0 Å². The molecule has 3 N–H and O–H groups in total. The first-order valence-corrected chi connectivity index (χ1v) is 11.4. The molecule has 6 nitrogen and oxygen atoms in total. The number of hydrogen-bond acceptors (Lipinski definition) is 4. The summed E-state index contributed by atoms with van der Waals surface area (Å²) in [4.78, 5) is 16.3. The lowest BCUT2D eigenvalue weighted by Crippen LogP contribution is -2.41. The number of piperidine rings is 1. The average molecular weight is 416 g/mol. The number of hydrogen-bond donors (Lipinski definition) is 3. The van der Waals surface area contributed by atoms with E-state index in [2.05, 4.69) is 36.0 Å². The van der Waals surface area contributed by atoms with Gasteiger partial charge in [-0.2, -0.15) is 0 Å². The minimum atomic E-state index is -0.945. The number of benzene rings is 1. The molecule has 1 aliphatic carbocycles. The van der Waals surface area contributed by atoms with Crippen LogP contribution in [0.4, 0.5) is 0 Å². The van der Waals surface area contributed by atoms with Gasteiger partial charge in [-0.1, -0.05) is 6.92 Å². The Balaban J connectivity index is 0.000000269. The number of carboxylic acid groups (broad SMARTS) is 1. The summed E-state index contributed by atoms with van der Waals surface area (Å²) in [5, 5.41) is 13.3. The third-order valence-corrected chi connectivity index (χ3v) is 5.89. The number of carboxylic acids is 1. The van der Waals surface area contributed by atoms with Crippen LogP contribution in [0.1, 0.15) is 63.4 Å². The van der Waals surface area contributed by atoms with Gasteiger partial charge < -0.3 is 25.0 Å². The predicted octanol–water partition coefficient (Wildman–Crippen LogP) is 4.51. The first kappa shape index (κ1) is 22.6. The number of likely N-dealkylation sites (tertiary alicyclic amines) is 1. The van der Waals surface area contributed by atoms with Crippen LogP contribution in [0.5, 0.6) is 5.75 Å². The second-order valence-electron chi connectivity index (χ2n) is 8.83. The van der Waals surface area contributed by atoms with Crippen molar-refractivity contribution in [2.75, 3.05) is 26.2 Å². The molecule has 0 bridgehead atoms. The van der Waals surface area contributed by atoms with Gasteiger partial charge in [0.25, 0.3) is 0 Å². The highest BCUT2D eigenvalue weighted by Crippen LogP contribution is 2.27. The maximum atomic E-state index is 11.0. The quantitative estimate of drug-likeness (QED) is 0.553. The summed E-state index contributed by atoms with van der Waals surface area (Å²) in [6.07, 6.45) is 6.51. The van der Waals surface area contributed by atoms with E-state index in [0.717, 1.165) is 48.5 Å². The number of ether oxygens (including phenoxy) is 1. The van der Waals surface area contributed by atoms with Gasteiger partial charge in [-0.15, -0.1) is 0 Å². The summed E-state index contributed by atoms with van der Waals surface area (Å²) in [7, 11) is 0. The minimum absolute atomic E-state index is 0.206. The summed E-state index contributed by atoms with van der Waals surface area (Å²) in [6, 6.07) is 7.92. The Morgan fingerprint density at radius 2 is 1.97 bits per heavy atom. The van der Waals surface area contributed by atoms with E-state index in [1.807, 2.05) is 18.2 Å². The van der Waals surface area contributed by atoms with Crippen molar-refractivity contribution in [3.8, 4) is 5.75 Å². The van der Waals surface area contributed by atoms with Gasteiger partial charge in [-0.25, -0.2) is 4.79 Å². The number of nitrogens with zero attached hydrogens (tertiary/aromatic N) is 1. The average Bonchev–Trinajstić information content (AvgIpc) is 3.45. The molecule has 0 unspecified atom stereocenters. The zero-order chi connectivity index (χ0) is 21.5. The third-order valence-electron chi connectivity index (χ3n) is 5.89. The van der Waals surface area contributed by atoms with Crippen molar-refractivity contribution in [1.82, 2.24) is 15.2 Å². The van der Waals surface area contributed by atoms with Gasteiger partial charge in [0.2, 0.25) is 0 Å². The van der Waals surface area contributed by atoms with Gasteiger partial charge in [0.05, 0.1) is 0 Å².